The van der Waals surface area contributed by atoms with E-state index in [0.29, 0.717) is 25.6 Å². The molecule has 128 valence electrons. The minimum Gasteiger partial charge on any atom is -0.418 e. The zero-order valence-electron chi connectivity index (χ0n) is 12.8. The SMILES string of the molecule is F[B-](F)(F)F.F[B-](F)(F)F.F[N+]12CC[N+](CCl)(CC1)CC2.[H+].[H+]. The predicted octanol–water partition coefficient (Wildman–Crippen LogP) is 3.55. The third-order valence-corrected chi connectivity index (χ3v) is 3.69. The standard InChI is InChI=1S/C7H14ClFN2.2BF4/c8-7-10-1-4-11(9,5-2-10)6-3-10;2*2-1(3,4)5/h1-7H2;;/q+2;2*-1/p+2. The fourth-order valence-electron chi connectivity index (χ4n) is 2.02. The third-order valence-electron chi connectivity index (χ3n) is 3.18. The second-order valence-electron chi connectivity index (χ2n) is 4.82. The van der Waals surface area contributed by atoms with Crippen molar-refractivity contribution in [2.24, 2.45) is 0 Å². The zero-order chi connectivity index (χ0) is 16.9. The quantitative estimate of drug-likeness (QED) is 0.168. The molecule has 3 fully saturated rings. The van der Waals surface area contributed by atoms with Crippen LogP contribution in [-0.2, 0) is 0 Å². The van der Waals surface area contributed by atoms with Gasteiger partial charge in [-0.05, 0) is 4.48 Å². The molecule has 0 radical (unpaired) electrons. The van der Waals surface area contributed by atoms with Crippen LogP contribution in [0.15, 0.2) is 0 Å². The van der Waals surface area contributed by atoms with Crippen molar-refractivity contribution < 1.29 is 51.0 Å². The van der Waals surface area contributed by atoms with Gasteiger partial charge < -0.3 is 34.5 Å². The first-order valence-electron chi connectivity index (χ1n) is 5.90. The van der Waals surface area contributed by atoms with E-state index in [0.717, 1.165) is 24.1 Å². The molecule has 14 heteroatoms. The summed E-state index contributed by atoms with van der Waals surface area (Å²) in [6, 6.07) is 0.667. The lowest BCUT2D eigenvalue weighted by atomic mass is 10.2. The van der Waals surface area contributed by atoms with Crippen LogP contribution in [0.5, 0.6) is 0 Å². The summed E-state index contributed by atoms with van der Waals surface area (Å²) in [5.41, 5.74) is 0. The molecule has 0 aliphatic carbocycles. The van der Waals surface area contributed by atoms with Crippen LogP contribution < -0.4 is 0 Å². The van der Waals surface area contributed by atoms with Gasteiger partial charge in [0.1, 0.15) is 19.6 Å². The highest BCUT2D eigenvalue weighted by Gasteiger charge is 2.50. The summed E-state index contributed by atoms with van der Waals surface area (Å²) in [7, 11) is -12.0. The summed E-state index contributed by atoms with van der Waals surface area (Å²) in [5, 5.41) is 0. The fourth-order valence-corrected chi connectivity index (χ4v) is 2.38. The van der Waals surface area contributed by atoms with Gasteiger partial charge in [-0.2, -0.15) is 0 Å². The molecule has 2 bridgehead atoms. The van der Waals surface area contributed by atoms with Gasteiger partial charge in [0.2, 0.25) is 0 Å². The van der Waals surface area contributed by atoms with E-state index in [2.05, 4.69) is 0 Å². The number of quaternary nitrogens is 2. The van der Waals surface area contributed by atoms with Crippen molar-refractivity contribution >= 4 is 26.1 Å². The van der Waals surface area contributed by atoms with Gasteiger partial charge in [0.15, 0.2) is 25.6 Å². The van der Waals surface area contributed by atoms with E-state index in [1.165, 1.54) is 0 Å². The normalized spacial score (nSPS) is 31.7. The number of alkyl halides is 1. The lowest BCUT2D eigenvalue weighted by Crippen LogP contribution is -2.71. The van der Waals surface area contributed by atoms with Crippen LogP contribution >= 0.6 is 11.6 Å². The molecule has 0 atom stereocenters. The number of hydrogen-bond acceptors (Lipinski definition) is 0. The first kappa shape index (κ1) is 20.7. The van der Waals surface area contributed by atoms with Crippen LogP contribution in [0.3, 0.4) is 0 Å². The van der Waals surface area contributed by atoms with Crippen molar-refractivity contribution in [3.05, 3.63) is 0 Å². The molecule has 0 saturated carbocycles. The number of halogens is 10. The average molecular weight is 356 g/mol. The first-order valence-corrected chi connectivity index (χ1v) is 6.43. The molecule has 21 heavy (non-hydrogen) atoms. The van der Waals surface area contributed by atoms with E-state index in [9.17, 15) is 39.0 Å². The number of fused-ring (bicyclic) bond motifs is 3. The van der Waals surface area contributed by atoms with E-state index >= 15 is 0 Å². The Bertz CT molecular complexity index is 285. The highest BCUT2D eigenvalue weighted by atomic mass is 35.5. The molecular formula is C7H16B2ClF9N2+2. The Morgan fingerprint density at radius 1 is 0.714 bits per heavy atom. The van der Waals surface area contributed by atoms with Gasteiger partial charge in [-0.3, -0.25) is 4.48 Å². The van der Waals surface area contributed by atoms with Gasteiger partial charge >= 0.3 is 17.4 Å². The smallest absolute Gasteiger partial charge is 0.418 e. The van der Waals surface area contributed by atoms with Crippen LogP contribution in [0, 0.1) is 0 Å². The Labute approximate surface area is 123 Å². The fraction of sp³-hybridized carbons (Fsp3) is 1.00. The highest BCUT2D eigenvalue weighted by molar-refractivity contribution is 6.50. The second-order valence-corrected chi connectivity index (χ2v) is 5.06. The van der Waals surface area contributed by atoms with Crippen LogP contribution in [0.4, 0.5) is 39.0 Å². The van der Waals surface area contributed by atoms with E-state index in [1.807, 2.05) is 0 Å². The van der Waals surface area contributed by atoms with Crippen LogP contribution in [-0.4, -0.2) is 69.0 Å². The van der Waals surface area contributed by atoms with Gasteiger partial charge in [-0.15, -0.1) is 4.71 Å². The van der Waals surface area contributed by atoms with Gasteiger partial charge in [-0.1, -0.05) is 11.6 Å². The van der Waals surface area contributed by atoms with E-state index < -0.39 is 14.5 Å². The number of nitrogens with zero attached hydrogens (tertiary/aromatic N) is 2. The molecule has 2 nitrogen and oxygen atoms in total. The van der Waals surface area contributed by atoms with Gasteiger partial charge in [0.05, 0.1) is 0 Å². The minimum atomic E-state index is -6.00. The summed E-state index contributed by atoms with van der Waals surface area (Å²) >= 11 is 5.85. The minimum absolute atomic E-state index is 0. The monoisotopic (exact) mass is 356 g/mol. The largest absolute Gasteiger partial charge is 1.00 e. The van der Waals surface area contributed by atoms with Crippen molar-refractivity contribution in [1.29, 1.82) is 0 Å². The molecule has 0 aromatic carbocycles. The number of rotatable bonds is 1. The lowest BCUT2D eigenvalue weighted by Gasteiger charge is -2.48. The molecule has 0 unspecified atom stereocenters. The number of piperazine rings is 3. The molecule has 0 amide bonds. The molecule has 0 aromatic rings. The molecular weight excluding hydrogens is 340 g/mol. The molecule has 3 saturated heterocycles. The molecule has 0 spiro atoms. The zero-order valence-corrected chi connectivity index (χ0v) is 11.5. The second kappa shape index (κ2) is 7.32. The maximum Gasteiger partial charge on any atom is 1.00 e. The molecule has 3 aliphatic rings. The Kier molecular flexibility index (Phi) is 7.21. The Balaban J connectivity index is -0.000000289. The van der Waals surface area contributed by atoms with Crippen molar-refractivity contribution in [3.8, 4) is 0 Å². The summed E-state index contributed by atoms with van der Waals surface area (Å²) in [5.74, 6) is 0. The van der Waals surface area contributed by atoms with Crippen molar-refractivity contribution in [3.63, 3.8) is 0 Å². The molecule has 3 heterocycles. The van der Waals surface area contributed by atoms with Crippen LogP contribution in [0.25, 0.3) is 0 Å². The van der Waals surface area contributed by atoms with Gasteiger partial charge in [-0.25, -0.2) is 0 Å². The third kappa shape index (κ3) is 11.0. The molecule has 0 N–H and O–H groups in total. The molecule has 0 aromatic heterocycles. The van der Waals surface area contributed by atoms with Gasteiger partial charge in [0.25, 0.3) is 0 Å². The topological polar surface area (TPSA) is 0 Å². The lowest BCUT2D eigenvalue weighted by molar-refractivity contribution is -1.15. The predicted molar refractivity (Wildman–Crippen MR) is 64.1 cm³/mol. The maximum atomic E-state index is 13.5. The van der Waals surface area contributed by atoms with E-state index in [-0.39, 0.29) is 7.56 Å². The first-order chi connectivity index (χ1) is 9.18. The Morgan fingerprint density at radius 2 is 0.952 bits per heavy atom. The van der Waals surface area contributed by atoms with Crippen LogP contribution in [0.2, 0.25) is 0 Å². The maximum absolute atomic E-state index is 13.5. The average Bonchev–Trinajstić information content (AvgIpc) is 2.26. The molecule has 3 rings (SSSR count). The van der Waals surface area contributed by atoms with Crippen molar-refractivity contribution in [1.82, 2.24) is 0 Å². The van der Waals surface area contributed by atoms with E-state index in [4.69, 9.17) is 11.6 Å². The Hall–Kier alpha value is -0.290. The molecule has 3 aliphatic heterocycles. The highest BCUT2D eigenvalue weighted by Crippen LogP contribution is 2.27. The summed E-state index contributed by atoms with van der Waals surface area (Å²) in [4.78, 5) is 0. The summed E-state index contributed by atoms with van der Waals surface area (Å²) < 4.78 is 92.3. The summed E-state index contributed by atoms with van der Waals surface area (Å²) in [6.45, 7) is 4.81. The van der Waals surface area contributed by atoms with Gasteiger partial charge in [0, 0.05) is 0 Å². The van der Waals surface area contributed by atoms with Crippen molar-refractivity contribution in [2.45, 2.75) is 0 Å². The van der Waals surface area contributed by atoms with E-state index in [1.54, 1.807) is 0 Å². The number of hydrogen-bond donors (Lipinski definition) is 0. The van der Waals surface area contributed by atoms with Crippen molar-refractivity contribution in [2.75, 3.05) is 45.3 Å². The van der Waals surface area contributed by atoms with Crippen LogP contribution in [0.1, 0.15) is 2.85 Å². The Morgan fingerprint density at radius 3 is 1.14 bits per heavy atom. The summed E-state index contributed by atoms with van der Waals surface area (Å²) in [6.07, 6.45) is 0.